The van der Waals surface area contributed by atoms with Crippen molar-refractivity contribution in [2.75, 3.05) is 10.6 Å². The van der Waals surface area contributed by atoms with Crippen molar-refractivity contribution in [3.8, 4) is 0 Å². The molecule has 1 aromatic heterocycles. The smallest absolute Gasteiger partial charge is 0.228 e. The second-order valence-electron chi connectivity index (χ2n) is 4.88. The van der Waals surface area contributed by atoms with Crippen molar-refractivity contribution in [1.82, 2.24) is 4.98 Å². The normalized spacial score (nSPS) is 13.0. The number of carbonyl (C=O) groups excluding carboxylic acids is 1. The van der Waals surface area contributed by atoms with E-state index in [1.807, 2.05) is 31.3 Å². The molecular formula is C15H14ClN3O. The van der Waals surface area contributed by atoms with E-state index in [4.69, 9.17) is 11.6 Å². The van der Waals surface area contributed by atoms with Crippen LogP contribution < -0.4 is 10.6 Å². The number of benzene rings is 1. The van der Waals surface area contributed by atoms with Gasteiger partial charge in [0.05, 0.1) is 17.1 Å². The topological polar surface area (TPSA) is 54.0 Å². The van der Waals surface area contributed by atoms with Crippen LogP contribution in [0, 0.1) is 6.92 Å². The van der Waals surface area contributed by atoms with E-state index in [1.165, 1.54) is 0 Å². The van der Waals surface area contributed by atoms with Crippen LogP contribution in [0.2, 0.25) is 5.02 Å². The summed E-state index contributed by atoms with van der Waals surface area (Å²) < 4.78 is 0. The Morgan fingerprint density at radius 1 is 1.40 bits per heavy atom. The fourth-order valence-electron chi connectivity index (χ4n) is 2.18. The Kier molecular flexibility index (Phi) is 3.32. The highest BCUT2D eigenvalue weighted by Gasteiger charge is 2.19. The lowest BCUT2D eigenvalue weighted by atomic mass is 10.1. The number of pyridine rings is 1. The van der Waals surface area contributed by atoms with E-state index in [0.717, 1.165) is 28.2 Å². The fourth-order valence-corrected chi connectivity index (χ4v) is 2.41. The van der Waals surface area contributed by atoms with Crippen LogP contribution in [-0.4, -0.2) is 10.9 Å². The molecule has 1 aliphatic heterocycles. The highest BCUT2D eigenvalue weighted by atomic mass is 35.5. The van der Waals surface area contributed by atoms with E-state index in [0.29, 0.717) is 18.0 Å². The molecule has 0 spiro atoms. The zero-order valence-corrected chi connectivity index (χ0v) is 11.8. The Morgan fingerprint density at radius 3 is 3.00 bits per heavy atom. The largest absolute Gasteiger partial charge is 0.380 e. The molecule has 0 bridgehead atoms. The Labute approximate surface area is 122 Å². The minimum atomic E-state index is 0.0101. The summed E-state index contributed by atoms with van der Waals surface area (Å²) in [5.41, 5.74) is 4.70. The lowest BCUT2D eigenvalue weighted by Gasteiger charge is -2.10. The third kappa shape index (κ3) is 2.60. The van der Waals surface area contributed by atoms with Gasteiger partial charge in [0.25, 0.3) is 0 Å². The maximum absolute atomic E-state index is 11.4. The van der Waals surface area contributed by atoms with Gasteiger partial charge in [0.2, 0.25) is 5.91 Å². The van der Waals surface area contributed by atoms with Gasteiger partial charge in [-0.3, -0.25) is 9.78 Å². The van der Waals surface area contributed by atoms with E-state index in [-0.39, 0.29) is 5.91 Å². The highest BCUT2D eigenvalue weighted by molar-refractivity contribution is 6.33. The second kappa shape index (κ2) is 5.13. The minimum absolute atomic E-state index is 0.0101. The molecule has 1 aromatic carbocycles. The number of hydrogen-bond acceptors (Lipinski definition) is 3. The molecule has 0 saturated heterocycles. The number of fused-ring (bicyclic) bond motifs is 1. The number of amides is 1. The fraction of sp³-hybridized carbons (Fsp3) is 0.200. The van der Waals surface area contributed by atoms with Gasteiger partial charge in [-0.1, -0.05) is 17.7 Å². The van der Waals surface area contributed by atoms with Crippen molar-refractivity contribution in [2.24, 2.45) is 0 Å². The van der Waals surface area contributed by atoms with Gasteiger partial charge in [0.15, 0.2) is 0 Å². The monoisotopic (exact) mass is 287 g/mol. The van der Waals surface area contributed by atoms with Crippen molar-refractivity contribution in [3.05, 3.63) is 52.3 Å². The van der Waals surface area contributed by atoms with Crippen molar-refractivity contribution >= 4 is 28.9 Å². The van der Waals surface area contributed by atoms with E-state index >= 15 is 0 Å². The number of carbonyl (C=O) groups is 1. The lowest BCUT2D eigenvalue weighted by Crippen LogP contribution is -2.03. The second-order valence-corrected chi connectivity index (χ2v) is 5.28. The molecule has 0 atom stereocenters. The molecule has 0 aliphatic carbocycles. The number of rotatable bonds is 3. The van der Waals surface area contributed by atoms with E-state index in [2.05, 4.69) is 15.6 Å². The molecule has 0 saturated carbocycles. The number of aromatic nitrogens is 1. The Bertz CT molecular complexity index is 668. The highest BCUT2D eigenvalue weighted by Crippen LogP contribution is 2.33. The van der Waals surface area contributed by atoms with Gasteiger partial charge >= 0.3 is 0 Å². The van der Waals surface area contributed by atoms with Crippen molar-refractivity contribution in [2.45, 2.75) is 19.9 Å². The molecule has 1 amide bonds. The first kappa shape index (κ1) is 12.9. The summed E-state index contributed by atoms with van der Waals surface area (Å²) >= 11 is 6.22. The predicted molar refractivity (Wildman–Crippen MR) is 80.1 cm³/mol. The van der Waals surface area contributed by atoms with Gasteiger partial charge in [-0.25, -0.2) is 0 Å². The molecule has 0 fully saturated rings. The zero-order valence-electron chi connectivity index (χ0n) is 11.0. The van der Waals surface area contributed by atoms with Crippen LogP contribution in [-0.2, 0) is 17.8 Å². The molecule has 102 valence electrons. The predicted octanol–water partition coefficient (Wildman–Crippen LogP) is 3.15. The van der Waals surface area contributed by atoms with Gasteiger partial charge in [-0.05, 0) is 36.2 Å². The van der Waals surface area contributed by atoms with Gasteiger partial charge in [-0.15, -0.1) is 0 Å². The number of nitrogens with one attached hydrogen (secondary N) is 2. The molecular weight excluding hydrogens is 274 g/mol. The van der Waals surface area contributed by atoms with Gasteiger partial charge < -0.3 is 10.6 Å². The number of anilines is 2. The van der Waals surface area contributed by atoms with Crippen LogP contribution in [0.5, 0.6) is 0 Å². The maximum Gasteiger partial charge on any atom is 0.228 e. The molecule has 20 heavy (non-hydrogen) atoms. The molecule has 3 rings (SSSR count). The first-order valence-electron chi connectivity index (χ1n) is 6.39. The summed E-state index contributed by atoms with van der Waals surface area (Å²) in [6, 6.07) is 7.72. The van der Waals surface area contributed by atoms with E-state index in [1.54, 1.807) is 6.07 Å². The van der Waals surface area contributed by atoms with Crippen LogP contribution in [0.4, 0.5) is 11.4 Å². The van der Waals surface area contributed by atoms with Crippen LogP contribution >= 0.6 is 11.6 Å². The number of aryl methyl sites for hydroxylation is 1. The molecule has 5 heteroatoms. The Morgan fingerprint density at radius 2 is 2.25 bits per heavy atom. The molecule has 0 radical (unpaired) electrons. The third-order valence-corrected chi connectivity index (χ3v) is 3.59. The Balaban J connectivity index is 1.76. The SMILES string of the molecule is Cc1ccc(CNc2cc3c(cc2Cl)NC(=O)C3)cn1. The average Bonchev–Trinajstić information content (AvgIpc) is 2.77. The molecule has 4 nitrogen and oxygen atoms in total. The van der Waals surface area contributed by atoms with Crippen LogP contribution in [0.3, 0.4) is 0 Å². The molecule has 0 unspecified atom stereocenters. The molecule has 2 heterocycles. The van der Waals surface area contributed by atoms with Gasteiger partial charge in [0, 0.05) is 24.1 Å². The van der Waals surface area contributed by atoms with Gasteiger partial charge in [-0.2, -0.15) is 0 Å². The third-order valence-electron chi connectivity index (χ3n) is 3.27. The van der Waals surface area contributed by atoms with Gasteiger partial charge in [0.1, 0.15) is 0 Å². The molecule has 2 N–H and O–H groups in total. The summed E-state index contributed by atoms with van der Waals surface area (Å²) in [4.78, 5) is 15.6. The number of halogens is 1. The van der Waals surface area contributed by atoms with Crippen molar-refractivity contribution in [3.63, 3.8) is 0 Å². The average molecular weight is 288 g/mol. The first-order valence-corrected chi connectivity index (χ1v) is 6.77. The summed E-state index contributed by atoms with van der Waals surface area (Å²) in [5, 5.41) is 6.67. The summed E-state index contributed by atoms with van der Waals surface area (Å²) in [5.74, 6) is 0.0101. The quantitative estimate of drug-likeness (QED) is 0.912. The summed E-state index contributed by atoms with van der Waals surface area (Å²) in [7, 11) is 0. The maximum atomic E-state index is 11.4. The van der Waals surface area contributed by atoms with Crippen LogP contribution in [0.1, 0.15) is 16.8 Å². The number of hydrogen-bond donors (Lipinski definition) is 2. The van der Waals surface area contributed by atoms with Crippen LogP contribution in [0.25, 0.3) is 0 Å². The Hall–Kier alpha value is -2.07. The zero-order chi connectivity index (χ0) is 14.1. The lowest BCUT2D eigenvalue weighted by molar-refractivity contribution is -0.115. The van der Waals surface area contributed by atoms with E-state index < -0.39 is 0 Å². The van der Waals surface area contributed by atoms with E-state index in [9.17, 15) is 4.79 Å². The number of nitrogens with zero attached hydrogens (tertiary/aromatic N) is 1. The summed E-state index contributed by atoms with van der Waals surface area (Å²) in [6.07, 6.45) is 2.25. The minimum Gasteiger partial charge on any atom is -0.380 e. The molecule has 1 aliphatic rings. The van der Waals surface area contributed by atoms with Crippen molar-refractivity contribution < 1.29 is 4.79 Å². The molecule has 2 aromatic rings. The van der Waals surface area contributed by atoms with Crippen molar-refractivity contribution in [1.29, 1.82) is 0 Å². The summed E-state index contributed by atoms with van der Waals surface area (Å²) in [6.45, 7) is 2.60. The van der Waals surface area contributed by atoms with Crippen LogP contribution in [0.15, 0.2) is 30.5 Å². The standard InChI is InChI=1S/C15H14ClN3O/c1-9-2-3-10(7-17-9)8-18-14-4-11-5-15(20)19-13(11)6-12(14)16/h2-4,6-7,18H,5,8H2,1H3,(H,19,20). The first-order chi connectivity index (χ1) is 9.61.